The maximum Gasteiger partial charge on any atom is 0.220 e. The Kier molecular flexibility index (Phi) is 3.82. The molecule has 3 fully saturated rings. The van der Waals surface area contributed by atoms with E-state index in [0.717, 1.165) is 26.2 Å². The van der Waals surface area contributed by atoms with E-state index in [1.807, 2.05) is 0 Å². The van der Waals surface area contributed by atoms with Gasteiger partial charge in [-0.1, -0.05) is 0 Å². The van der Waals surface area contributed by atoms with Crippen molar-refractivity contribution in [2.45, 2.75) is 31.4 Å². The average Bonchev–Trinajstić information content (AvgIpc) is 2.78. The molecule has 102 valence electrons. The summed E-state index contributed by atoms with van der Waals surface area (Å²) in [6.45, 7) is 5.67. The zero-order valence-corrected chi connectivity index (χ0v) is 10.9. The van der Waals surface area contributed by atoms with E-state index in [2.05, 4.69) is 15.5 Å². The number of fused-ring (bicyclic) bond motifs is 1. The third-order valence-electron chi connectivity index (χ3n) is 4.33. The molecule has 3 heterocycles. The standard InChI is InChI=1S/C13H23N3O2/c17-13(4-10-5-14-6-10)15-7-12-8-16-3-1-2-11(16)9-18-12/h10-12,14H,1-9H2,(H,15,17). The molecule has 5 heteroatoms. The van der Waals surface area contributed by atoms with Gasteiger partial charge in [0.05, 0.1) is 12.7 Å². The zero-order chi connectivity index (χ0) is 12.4. The van der Waals surface area contributed by atoms with Crippen LogP contribution in [0, 0.1) is 5.92 Å². The molecule has 18 heavy (non-hydrogen) atoms. The Labute approximate surface area is 108 Å². The van der Waals surface area contributed by atoms with Crippen molar-refractivity contribution < 1.29 is 9.53 Å². The lowest BCUT2D eigenvalue weighted by atomic mass is 9.99. The Morgan fingerprint density at radius 3 is 3.11 bits per heavy atom. The number of carbonyl (C=O) groups is 1. The van der Waals surface area contributed by atoms with Crippen LogP contribution in [0.3, 0.4) is 0 Å². The molecular weight excluding hydrogens is 230 g/mol. The molecule has 3 aliphatic heterocycles. The van der Waals surface area contributed by atoms with Crippen LogP contribution in [-0.4, -0.2) is 62.3 Å². The van der Waals surface area contributed by atoms with Crippen LogP contribution < -0.4 is 10.6 Å². The number of rotatable bonds is 4. The van der Waals surface area contributed by atoms with Crippen molar-refractivity contribution in [3.63, 3.8) is 0 Å². The molecule has 0 spiro atoms. The van der Waals surface area contributed by atoms with Gasteiger partial charge in [-0.05, 0) is 38.4 Å². The normalized spacial score (nSPS) is 32.9. The van der Waals surface area contributed by atoms with Gasteiger partial charge in [0, 0.05) is 25.6 Å². The molecule has 2 atom stereocenters. The first-order valence-electron chi connectivity index (χ1n) is 7.14. The highest BCUT2D eigenvalue weighted by Gasteiger charge is 2.32. The molecule has 3 aliphatic rings. The van der Waals surface area contributed by atoms with E-state index in [0.29, 0.717) is 24.9 Å². The van der Waals surface area contributed by atoms with Crippen molar-refractivity contribution in [2.75, 3.05) is 39.3 Å². The Bertz CT molecular complexity index is 307. The molecule has 2 N–H and O–H groups in total. The molecule has 0 saturated carbocycles. The first kappa shape index (κ1) is 12.4. The van der Waals surface area contributed by atoms with E-state index < -0.39 is 0 Å². The number of nitrogens with zero attached hydrogens (tertiary/aromatic N) is 1. The molecule has 0 aromatic carbocycles. The van der Waals surface area contributed by atoms with Gasteiger partial charge in [0.15, 0.2) is 0 Å². The fraction of sp³-hybridized carbons (Fsp3) is 0.923. The van der Waals surface area contributed by atoms with Crippen LogP contribution in [0.1, 0.15) is 19.3 Å². The number of amides is 1. The van der Waals surface area contributed by atoms with Crippen LogP contribution in [-0.2, 0) is 9.53 Å². The predicted octanol–water partition coefficient (Wildman–Crippen LogP) is -0.425. The predicted molar refractivity (Wildman–Crippen MR) is 68.3 cm³/mol. The Hall–Kier alpha value is -0.650. The lowest BCUT2D eigenvalue weighted by molar-refractivity contribution is -0.123. The highest BCUT2D eigenvalue weighted by Crippen LogP contribution is 2.22. The minimum absolute atomic E-state index is 0.175. The molecule has 1 amide bonds. The SMILES string of the molecule is O=C(CC1CNC1)NCC1CN2CCCC2CO1. The summed E-state index contributed by atoms with van der Waals surface area (Å²) in [7, 11) is 0. The molecule has 0 aliphatic carbocycles. The van der Waals surface area contributed by atoms with E-state index in [1.165, 1.54) is 19.4 Å². The molecule has 0 radical (unpaired) electrons. The second-order valence-electron chi connectivity index (χ2n) is 5.78. The molecule has 3 rings (SSSR count). The quantitative estimate of drug-likeness (QED) is 0.714. The fourth-order valence-corrected chi connectivity index (χ4v) is 3.06. The van der Waals surface area contributed by atoms with Gasteiger partial charge >= 0.3 is 0 Å². The number of carbonyl (C=O) groups excluding carboxylic acids is 1. The number of hydrogen-bond donors (Lipinski definition) is 2. The first-order chi connectivity index (χ1) is 8.81. The second kappa shape index (κ2) is 5.55. The van der Waals surface area contributed by atoms with Crippen molar-refractivity contribution in [2.24, 2.45) is 5.92 Å². The van der Waals surface area contributed by atoms with Gasteiger partial charge in [-0.15, -0.1) is 0 Å². The Balaban J connectivity index is 1.36. The summed E-state index contributed by atoms with van der Waals surface area (Å²) in [5.74, 6) is 0.717. The zero-order valence-electron chi connectivity index (χ0n) is 10.9. The highest BCUT2D eigenvalue weighted by molar-refractivity contribution is 5.76. The lowest BCUT2D eigenvalue weighted by Crippen LogP contribution is -2.50. The Morgan fingerprint density at radius 2 is 2.33 bits per heavy atom. The van der Waals surface area contributed by atoms with E-state index in [1.54, 1.807) is 0 Å². The third-order valence-corrected chi connectivity index (χ3v) is 4.33. The molecule has 5 nitrogen and oxygen atoms in total. The lowest BCUT2D eigenvalue weighted by Gasteiger charge is -2.35. The van der Waals surface area contributed by atoms with Crippen molar-refractivity contribution >= 4 is 5.91 Å². The average molecular weight is 253 g/mol. The van der Waals surface area contributed by atoms with Gasteiger partial charge in [-0.3, -0.25) is 9.69 Å². The van der Waals surface area contributed by atoms with Crippen LogP contribution in [0.4, 0.5) is 0 Å². The van der Waals surface area contributed by atoms with E-state index in [4.69, 9.17) is 4.74 Å². The molecule has 0 aromatic heterocycles. The fourth-order valence-electron chi connectivity index (χ4n) is 3.06. The van der Waals surface area contributed by atoms with Gasteiger partial charge < -0.3 is 15.4 Å². The summed E-state index contributed by atoms with van der Waals surface area (Å²) in [5.41, 5.74) is 0. The number of nitrogens with one attached hydrogen (secondary N) is 2. The van der Waals surface area contributed by atoms with Crippen molar-refractivity contribution in [3.05, 3.63) is 0 Å². The van der Waals surface area contributed by atoms with Crippen molar-refractivity contribution in [1.29, 1.82) is 0 Å². The minimum Gasteiger partial charge on any atom is -0.373 e. The maximum absolute atomic E-state index is 11.7. The summed E-state index contributed by atoms with van der Waals surface area (Å²) < 4.78 is 5.82. The summed E-state index contributed by atoms with van der Waals surface area (Å²) in [6, 6.07) is 0.637. The van der Waals surface area contributed by atoms with Gasteiger partial charge in [-0.2, -0.15) is 0 Å². The van der Waals surface area contributed by atoms with Crippen molar-refractivity contribution in [1.82, 2.24) is 15.5 Å². The smallest absolute Gasteiger partial charge is 0.220 e. The topological polar surface area (TPSA) is 53.6 Å². The number of morpholine rings is 1. The molecular formula is C13H23N3O2. The molecule has 3 saturated heterocycles. The maximum atomic E-state index is 11.7. The van der Waals surface area contributed by atoms with Crippen LogP contribution in [0.25, 0.3) is 0 Å². The summed E-state index contributed by atoms with van der Waals surface area (Å²) in [6.07, 6.45) is 3.41. The largest absolute Gasteiger partial charge is 0.373 e. The first-order valence-corrected chi connectivity index (χ1v) is 7.14. The summed E-state index contributed by atoms with van der Waals surface area (Å²) >= 11 is 0. The number of ether oxygens (including phenoxy) is 1. The van der Waals surface area contributed by atoms with E-state index in [-0.39, 0.29) is 12.0 Å². The molecule has 0 bridgehead atoms. The van der Waals surface area contributed by atoms with E-state index >= 15 is 0 Å². The van der Waals surface area contributed by atoms with Gasteiger partial charge in [0.25, 0.3) is 0 Å². The van der Waals surface area contributed by atoms with Crippen LogP contribution in [0.2, 0.25) is 0 Å². The highest BCUT2D eigenvalue weighted by atomic mass is 16.5. The minimum atomic E-state index is 0.175. The van der Waals surface area contributed by atoms with Crippen LogP contribution in [0.15, 0.2) is 0 Å². The van der Waals surface area contributed by atoms with Crippen LogP contribution >= 0.6 is 0 Å². The van der Waals surface area contributed by atoms with Gasteiger partial charge in [0.2, 0.25) is 5.91 Å². The molecule has 0 aromatic rings. The Morgan fingerprint density at radius 1 is 1.44 bits per heavy atom. The monoisotopic (exact) mass is 253 g/mol. The van der Waals surface area contributed by atoms with Crippen LogP contribution in [0.5, 0.6) is 0 Å². The summed E-state index contributed by atoms with van der Waals surface area (Å²) in [4.78, 5) is 14.2. The van der Waals surface area contributed by atoms with E-state index in [9.17, 15) is 4.79 Å². The second-order valence-corrected chi connectivity index (χ2v) is 5.78. The molecule has 2 unspecified atom stereocenters. The third kappa shape index (κ3) is 2.84. The summed E-state index contributed by atoms with van der Waals surface area (Å²) in [5, 5.41) is 6.20. The van der Waals surface area contributed by atoms with Crippen molar-refractivity contribution in [3.8, 4) is 0 Å². The van der Waals surface area contributed by atoms with Gasteiger partial charge in [-0.25, -0.2) is 0 Å². The van der Waals surface area contributed by atoms with Gasteiger partial charge in [0.1, 0.15) is 0 Å². The number of hydrogen-bond acceptors (Lipinski definition) is 4.